The fourth-order valence-electron chi connectivity index (χ4n) is 1.61. The van der Waals surface area contributed by atoms with E-state index in [2.05, 4.69) is 22.2 Å². The molecule has 0 aliphatic rings. The molecule has 6 nitrogen and oxygen atoms in total. The van der Waals surface area contributed by atoms with Gasteiger partial charge < -0.3 is 11.1 Å². The van der Waals surface area contributed by atoms with E-state index in [9.17, 15) is 4.79 Å². The third-order valence-corrected chi connectivity index (χ3v) is 2.48. The van der Waals surface area contributed by atoms with Crippen molar-refractivity contribution in [2.75, 3.05) is 32.4 Å². The summed E-state index contributed by atoms with van der Waals surface area (Å²) in [5.74, 6) is 0.0402. The Kier molecular flexibility index (Phi) is 5.48. The highest BCUT2D eigenvalue weighted by Gasteiger charge is 2.08. The second-order valence-corrected chi connectivity index (χ2v) is 3.99. The van der Waals surface area contributed by atoms with E-state index in [0.717, 1.165) is 26.1 Å². The van der Waals surface area contributed by atoms with Gasteiger partial charge >= 0.3 is 0 Å². The van der Waals surface area contributed by atoms with Crippen molar-refractivity contribution in [1.29, 1.82) is 0 Å². The van der Waals surface area contributed by atoms with Gasteiger partial charge in [0.1, 0.15) is 0 Å². The van der Waals surface area contributed by atoms with Gasteiger partial charge in [-0.1, -0.05) is 6.92 Å². The number of carbonyl (C=O) groups excluding carboxylic acids is 1. The Morgan fingerprint density at radius 2 is 2.35 bits per heavy atom. The average Bonchev–Trinajstić information content (AvgIpc) is 2.72. The number of hydrogen-bond acceptors (Lipinski definition) is 4. The van der Waals surface area contributed by atoms with Gasteiger partial charge in [-0.3, -0.25) is 14.4 Å². The molecule has 0 saturated heterocycles. The van der Waals surface area contributed by atoms with E-state index in [4.69, 9.17) is 5.73 Å². The smallest absolute Gasteiger partial charge is 0.233 e. The number of nitrogens with two attached hydrogens (primary N) is 1. The van der Waals surface area contributed by atoms with E-state index in [1.807, 2.05) is 0 Å². The Bertz CT molecular complexity index is 349. The zero-order chi connectivity index (χ0) is 12.7. The molecule has 1 heterocycles. The van der Waals surface area contributed by atoms with E-state index in [1.54, 1.807) is 24.1 Å². The van der Waals surface area contributed by atoms with Crippen LogP contribution < -0.4 is 11.1 Å². The third-order valence-electron chi connectivity index (χ3n) is 2.48. The number of carbonyl (C=O) groups is 1. The maximum atomic E-state index is 11.3. The van der Waals surface area contributed by atoms with Crippen LogP contribution in [-0.4, -0.2) is 47.3 Å². The number of hydrogen-bond donors (Lipinski definition) is 2. The number of nitrogens with zero attached hydrogens (tertiary/aromatic N) is 3. The van der Waals surface area contributed by atoms with Gasteiger partial charge in [-0.05, 0) is 13.0 Å². The van der Waals surface area contributed by atoms with Crippen LogP contribution >= 0.6 is 0 Å². The Hall–Kier alpha value is -1.56. The molecule has 0 aliphatic carbocycles. The Morgan fingerprint density at radius 3 is 2.88 bits per heavy atom. The van der Waals surface area contributed by atoms with E-state index in [0.29, 0.717) is 12.2 Å². The second-order valence-electron chi connectivity index (χ2n) is 3.99. The van der Waals surface area contributed by atoms with Crippen LogP contribution in [0.15, 0.2) is 12.4 Å². The number of amides is 1. The largest absolute Gasteiger partial charge is 0.396 e. The summed E-state index contributed by atoms with van der Waals surface area (Å²) in [5.41, 5.74) is 6.25. The molecule has 17 heavy (non-hydrogen) atoms. The fraction of sp³-hybridized carbons (Fsp3) is 0.636. The molecule has 0 saturated carbocycles. The summed E-state index contributed by atoms with van der Waals surface area (Å²) in [7, 11) is 1.65. The van der Waals surface area contributed by atoms with Gasteiger partial charge in [0.2, 0.25) is 5.91 Å². The van der Waals surface area contributed by atoms with Gasteiger partial charge in [0.05, 0.1) is 25.0 Å². The molecule has 1 amide bonds. The van der Waals surface area contributed by atoms with E-state index in [1.165, 1.54) is 0 Å². The number of aromatic nitrogens is 2. The Morgan fingerprint density at radius 1 is 1.59 bits per heavy atom. The molecule has 0 aromatic carbocycles. The van der Waals surface area contributed by atoms with E-state index < -0.39 is 0 Å². The van der Waals surface area contributed by atoms with Crippen molar-refractivity contribution < 1.29 is 4.79 Å². The third kappa shape index (κ3) is 4.86. The predicted molar refractivity (Wildman–Crippen MR) is 67.4 cm³/mol. The van der Waals surface area contributed by atoms with Gasteiger partial charge in [-0.15, -0.1) is 0 Å². The van der Waals surface area contributed by atoms with Gasteiger partial charge in [0.25, 0.3) is 0 Å². The first kappa shape index (κ1) is 13.5. The molecule has 3 N–H and O–H groups in total. The maximum absolute atomic E-state index is 11.3. The summed E-state index contributed by atoms with van der Waals surface area (Å²) in [4.78, 5) is 13.4. The number of anilines is 1. The number of nitrogen functional groups attached to an aromatic ring is 1. The highest BCUT2D eigenvalue weighted by molar-refractivity contribution is 5.77. The number of nitrogens with one attached hydrogen (secondary N) is 1. The second kappa shape index (κ2) is 6.90. The van der Waals surface area contributed by atoms with Crippen molar-refractivity contribution in [2.24, 2.45) is 0 Å². The van der Waals surface area contributed by atoms with Crippen molar-refractivity contribution in [1.82, 2.24) is 20.0 Å². The molecular weight excluding hydrogens is 218 g/mol. The molecule has 6 heteroatoms. The minimum absolute atomic E-state index is 0.0402. The molecule has 0 radical (unpaired) electrons. The van der Waals surface area contributed by atoms with Gasteiger partial charge in [-0.2, -0.15) is 5.10 Å². The van der Waals surface area contributed by atoms with E-state index in [-0.39, 0.29) is 5.91 Å². The Labute approximate surface area is 102 Å². The summed E-state index contributed by atoms with van der Waals surface area (Å²) in [6.07, 6.45) is 4.45. The van der Waals surface area contributed by atoms with Crippen LogP contribution in [-0.2, 0) is 11.3 Å². The first-order valence-electron chi connectivity index (χ1n) is 5.86. The Balaban J connectivity index is 2.40. The summed E-state index contributed by atoms with van der Waals surface area (Å²) >= 11 is 0. The molecular formula is C11H21N5O. The van der Waals surface area contributed by atoms with Gasteiger partial charge in [-0.25, -0.2) is 0 Å². The maximum Gasteiger partial charge on any atom is 0.233 e. The van der Waals surface area contributed by atoms with Crippen molar-refractivity contribution in [3.63, 3.8) is 0 Å². The fourth-order valence-corrected chi connectivity index (χ4v) is 1.61. The quantitative estimate of drug-likeness (QED) is 0.698. The van der Waals surface area contributed by atoms with Gasteiger partial charge in [0, 0.05) is 19.8 Å². The highest BCUT2D eigenvalue weighted by Crippen LogP contribution is 1.99. The van der Waals surface area contributed by atoms with Crippen molar-refractivity contribution in [3.8, 4) is 0 Å². The standard InChI is InChI=1S/C11H21N5O/c1-3-4-15(9-11(17)13-2)5-6-16-8-10(12)7-14-16/h7-8H,3-6,9,12H2,1-2H3,(H,13,17). The van der Waals surface area contributed by atoms with E-state index >= 15 is 0 Å². The normalized spacial score (nSPS) is 10.8. The lowest BCUT2D eigenvalue weighted by atomic mass is 10.3. The summed E-state index contributed by atoms with van der Waals surface area (Å²) in [6, 6.07) is 0. The summed E-state index contributed by atoms with van der Waals surface area (Å²) in [5, 5.41) is 6.74. The monoisotopic (exact) mass is 239 g/mol. The lowest BCUT2D eigenvalue weighted by molar-refractivity contribution is -0.121. The van der Waals surface area contributed by atoms with Crippen LogP contribution in [0.2, 0.25) is 0 Å². The predicted octanol–water partition coefficient (Wildman–Crippen LogP) is -0.0767. The van der Waals surface area contributed by atoms with Crippen molar-refractivity contribution in [2.45, 2.75) is 19.9 Å². The molecule has 0 atom stereocenters. The average molecular weight is 239 g/mol. The van der Waals surface area contributed by atoms with Crippen LogP contribution in [0.4, 0.5) is 5.69 Å². The molecule has 0 unspecified atom stereocenters. The van der Waals surface area contributed by atoms with Crippen LogP contribution in [0.1, 0.15) is 13.3 Å². The minimum Gasteiger partial charge on any atom is -0.396 e. The zero-order valence-electron chi connectivity index (χ0n) is 10.5. The molecule has 1 rings (SSSR count). The van der Waals surface area contributed by atoms with Crippen LogP contribution in [0.3, 0.4) is 0 Å². The number of rotatable bonds is 7. The lowest BCUT2D eigenvalue weighted by Gasteiger charge is -2.20. The first-order valence-corrected chi connectivity index (χ1v) is 5.86. The molecule has 1 aromatic rings. The lowest BCUT2D eigenvalue weighted by Crippen LogP contribution is -2.37. The molecule has 0 bridgehead atoms. The van der Waals surface area contributed by atoms with Crippen LogP contribution in [0.25, 0.3) is 0 Å². The van der Waals surface area contributed by atoms with Gasteiger partial charge in [0.15, 0.2) is 0 Å². The molecule has 0 fully saturated rings. The van der Waals surface area contributed by atoms with Crippen LogP contribution in [0, 0.1) is 0 Å². The van der Waals surface area contributed by atoms with Crippen molar-refractivity contribution in [3.05, 3.63) is 12.4 Å². The molecule has 1 aromatic heterocycles. The molecule has 0 spiro atoms. The summed E-state index contributed by atoms with van der Waals surface area (Å²) < 4.78 is 1.79. The minimum atomic E-state index is 0.0402. The van der Waals surface area contributed by atoms with Crippen LogP contribution in [0.5, 0.6) is 0 Å². The number of likely N-dealkylation sites (N-methyl/N-ethyl adjacent to an activating group) is 1. The SMILES string of the molecule is CCCN(CCn1cc(N)cn1)CC(=O)NC. The zero-order valence-corrected chi connectivity index (χ0v) is 10.5. The highest BCUT2D eigenvalue weighted by atomic mass is 16.1. The van der Waals surface area contributed by atoms with Crippen molar-refractivity contribution >= 4 is 11.6 Å². The summed E-state index contributed by atoms with van der Waals surface area (Å²) in [6.45, 7) is 4.98. The first-order chi connectivity index (χ1) is 8.15. The molecule has 0 aliphatic heterocycles. The molecule has 96 valence electrons. The topological polar surface area (TPSA) is 76.2 Å².